The first-order valence-corrected chi connectivity index (χ1v) is 3.74. The first-order valence-electron chi connectivity index (χ1n) is 3.74. The van der Waals surface area contributed by atoms with Gasteiger partial charge in [0.25, 0.3) is 0 Å². The number of aromatic nitrogens is 3. The van der Waals surface area contributed by atoms with Crippen LogP contribution >= 0.6 is 0 Å². The second-order valence-electron chi connectivity index (χ2n) is 2.61. The summed E-state index contributed by atoms with van der Waals surface area (Å²) in [4.78, 5) is 10.8. The zero-order valence-corrected chi connectivity index (χ0v) is 7.47. The van der Waals surface area contributed by atoms with Gasteiger partial charge in [0.2, 0.25) is 0 Å². The number of hydrogen-bond acceptors (Lipinski definition) is 5. The van der Waals surface area contributed by atoms with Crippen molar-refractivity contribution in [1.29, 1.82) is 0 Å². The zero-order valence-electron chi connectivity index (χ0n) is 7.47. The molecule has 1 atom stereocenters. The molecule has 0 aliphatic rings. The Hall–Kier alpha value is -1.43. The summed E-state index contributed by atoms with van der Waals surface area (Å²) < 4.78 is 5.85. The van der Waals surface area contributed by atoms with Crippen LogP contribution in [0.25, 0.3) is 0 Å². The third kappa shape index (κ3) is 2.51. The minimum Gasteiger partial charge on any atom is -0.469 e. The van der Waals surface area contributed by atoms with Gasteiger partial charge in [0, 0.05) is 7.05 Å². The number of methoxy groups -OCH3 is 1. The molecule has 0 aromatic carbocycles. The minimum atomic E-state index is -0.943. The molecule has 6 nitrogen and oxygen atoms in total. The van der Waals surface area contributed by atoms with Crippen LogP contribution < -0.4 is 0 Å². The van der Waals surface area contributed by atoms with Crippen LogP contribution in [0, 0.1) is 0 Å². The first-order chi connectivity index (χ1) is 6.13. The van der Waals surface area contributed by atoms with Gasteiger partial charge in [-0.05, 0) is 0 Å². The number of rotatable bonds is 3. The maximum absolute atomic E-state index is 10.8. The number of carbonyl (C=O) groups excluding carboxylic acids is 1. The maximum Gasteiger partial charge on any atom is 0.308 e. The molecule has 72 valence electrons. The van der Waals surface area contributed by atoms with Crippen LogP contribution in [0.1, 0.15) is 18.2 Å². The van der Waals surface area contributed by atoms with E-state index >= 15 is 0 Å². The molecular formula is C7H11N3O3. The molecule has 0 aliphatic heterocycles. The lowest BCUT2D eigenvalue weighted by atomic mass is 10.2. The van der Waals surface area contributed by atoms with Gasteiger partial charge in [0.05, 0.1) is 19.7 Å². The van der Waals surface area contributed by atoms with E-state index in [1.165, 1.54) is 11.8 Å². The van der Waals surface area contributed by atoms with Gasteiger partial charge in [-0.3, -0.25) is 9.48 Å². The van der Waals surface area contributed by atoms with Gasteiger partial charge in [0.15, 0.2) is 0 Å². The van der Waals surface area contributed by atoms with E-state index in [1.807, 2.05) is 0 Å². The Morgan fingerprint density at radius 1 is 1.85 bits per heavy atom. The molecule has 0 aliphatic carbocycles. The molecule has 1 unspecified atom stereocenters. The fourth-order valence-corrected chi connectivity index (χ4v) is 0.864. The van der Waals surface area contributed by atoms with Gasteiger partial charge < -0.3 is 9.84 Å². The molecule has 1 heterocycles. The molecule has 0 spiro atoms. The summed E-state index contributed by atoms with van der Waals surface area (Å²) in [5, 5.41) is 16.7. The molecule has 0 amide bonds. The van der Waals surface area contributed by atoms with Crippen molar-refractivity contribution in [2.75, 3.05) is 7.11 Å². The van der Waals surface area contributed by atoms with Crippen molar-refractivity contribution >= 4 is 5.97 Å². The van der Waals surface area contributed by atoms with Gasteiger partial charge >= 0.3 is 5.97 Å². The number of aliphatic hydroxyl groups is 1. The van der Waals surface area contributed by atoms with Crippen molar-refractivity contribution in [1.82, 2.24) is 15.0 Å². The van der Waals surface area contributed by atoms with Gasteiger partial charge in [-0.25, -0.2) is 0 Å². The molecular weight excluding hydrogens is 174 g/mol. The molecule has 0 saturated carbocycles. The van der Waals surface area contributed by atoms with E-state index in [2.05, 4.69) is 15.0 Å². The molecule has 1 aromatic rings. The topological polar surface area (TPSA) is 77.2 Å². The van der Waals surface area contributed by atoms with Crippen LogP contribution in [0.2, 0.25) is 0 Å². The Kier molecular flexibility index (Phi) is 2.97. The largest absolute Gasteiger partial charge is 0.469 e. The van der Waals surface area contributed by atoms with Crippen LogP contribution in [0.15, 0.2) is 6.20 Å². The van der Waals surface area contributed by atoms with E-state index in [0.29, 0.717) is 5.69 Å². The Bertz CT molecular complexity index is 297. The van der Waals surface area contributed by atoms with Crippen molar-refractivity contribution < 1.29 is 14.6 Å². The highest BCUT2D eigenvalue weighted by molar-refractivity contribution is 5.69. The number of esters is 1. The minimum absolute atomic E-state index is 0.102. The third-order valence-electron chi connectivity index (χ3n) is 1.55. The molecule has 1 aromatic heterocycles. The summed E-state index contributed by atoms with van der Waals surface area (Å²) in [7, 11) is 2.95. The highest BCUT2D eigenvalue weighted by Gasteiger charge is 2.15. The van der Waals surface area contributed by atoms with Crippen molar-refractivity contribution in [3.8, 4) is 0 Å². The summed E-state index contributed by atoms with van der Waals surface area (Å²) in [6.07, 6.45) is 0.504. The molecule has 0 radical (unpaired) electrons. The quantitative estimate of drug-likeness (QED) is 0.637. The second-order valence-corrected chi connectivity index (χ2v) is 2.61. The molecule has 6 heteroatoms. The smallest absolute Gasteiger partial charge is 0.308 e. The lowest BCUT2D eigenvalue weighted by Crippen LogP contribution is -2.08. The Morgan fingerprint density at radius 3 is 3.00 bits per heavy atom. The van der Waals surface area contributed by atoms with E-state index < -0.39 is 12.1 Å². The summed E-state index contributed by atoms with van der Waals surface area (Å²) in [6.45, 7) is 0. The SMILES string of the molecule is COC(=O)CC(O)c1cn(C)nn1. The number of aliphatic hydroxyl groups excluding tert-OH is 1. The van der Waals surface area contributed by atoms with Crippen molar-refractivity contribution in [3.63, 3.8) is 0 Å². The molecule has 0 fully saturated rings. The predicted octanol–water partition coefficient (Wildman–Crippen LogP) is -0.588. The van der Waals surface area contributed by atoms with Crippen LogP contribution in [0.4, 0.5) is 0 Å². The monoisotopic (exact) mass is 185 g/mol. The van der Waals surface area contributed by atoms with Gasteiger partial charge in [-0.2, -0.15) is 0 Å². The normalized spacial score (nSPS) is 12.5. The summed E-state index contributed by atoms with van der Waals surface area (Å²) in [5.74, 6) is -0.474. The molecule has 1 N–H and O–H groups in total. The van der Waals surface area contributed by atoms with Crippen molar-refractivity contribution in [2.24, 2.45) is 7.05 Å². The van der Waals surface area contributed by atoms with E-state index in [0.717, 1.165) is 0 Å². The highest BCUT2D eigenvalue weighted by atomic mass is 16.5. The van der Waals surface area contributed by atoms with Crippen molar-refractivity contribution in [2.45, 2.75) is 12.5 Å². The lowest BCUT2D eigenvalue weighted by molar-refractivity contribution is -0.142. The Labute approximate surface area is 75.1 Å². The lowest BCUT2D eigenvalue weighted by Gasteiger charge is -2.03. The molecule has 1 rings (SSSR count). The summed E-state index contributed by atoms with van der Waals surface area (Å²) >= 11 is 0. The van der Waals surface area contributed by atoms with Crippen LogP contribution in [0.5, 0.6) is 0 Å². The van der Waals surface area contributed by atoms with E-state index in [4.69, 9.17) is 0 Å². The molecule has 0 bridgehead atoms. The maximum atomic E-state index is 10.8. The molecule has 0 saturated heterocycles. The number of ether oxygens (including phenoxy) is 1. The van der Waals surface area contributed by atoms with Gasteiger partial charge in [-0.15, -0.1) is 5.10 Å². The predicted molar refractivity (Wildman–Crippen MR) is 42.6 cm³/mol. The number of carbonyl (C=O) groups is 1. The fraction of sp³-hybridized carbons (Fsp3) is 0.571. The van der Waals surface area contributed by atoms with Gasteiger partial charge in [0.1, 0.15) is 11.8 Å². The van der Waals surface area contributed by atoms with E-state index in [9.17, 15) is 9.90 Å². The Morgan fingerprint density at radius 2 is 2.54 bits per heavy atom. The van der Waals surface area contributed by atoms with E-state index in [1.54, 1.807) is 13.2 Å². The fourth-order valence-electron chi connectivity index (χ4n) is 0.864. The molecule has 13 heavy (non-hydrogen) atoms. The van der Waals surface area contributed by atoms with E-state index in [-0.39, 0.29) is 6.42 Å². The van der Waals surface area contributed by atoms with Crippen LogP contribution in [0.3, 0.4) is 0 Å². The third-order valence-corrected chi connectivity index (χ3v) is 1.55. The van der Waals surface area contributed by atoms with Crippen LogP contribution in [-0.4, -0.2) is 33.2 Å². The zero-order chi connectivity index (χ0) is 9.84. The highest BCUT2D eigenvalue weighted by Crippen LogP contribution is 2.12. The second kappa shape index (κ2) is 3.99. The number of aryl methyl sites for hydroxylation is 1. The number of hydrogen-bond donors (Lipinski definition) is 1. The first kappa shape index (κ1) is 9.66. The van der Waals surface area contributed by atoms with Gasteiger partial charge in [-0.1, -0.05) is 5.21 Å². The average Bonchev–Trinajstić information content (AvgIpc) is 2.51. The number of nitrogens with zero attached hydrogens (tertiary/aromatic N) is 3. The Balaban J connectivity index is 2.58. The standard InChI is InChI=1S/C7H11N3O3/c1-10-4-5(8-9-10)6(11)3-7(12)13-2/h4,6,11H,3H2,1-2H3. The summed E-state index contributed by atoms with van der Waals surface area (Å²) in [5.41, 5.74) is 0.368. The van der Waals surface area contributed by atoms with Crippen LogP contribution in [-0.2, 0) is 16.6 Å². The average molecular weight is 185 g/mol. The summed E-state index contributed by atoms with van der Waals surface area (Å²) in [6, 6.07) is 0. The van der Waals surface area contributed by atoms with Crippen molar-refractivity contribution in [3.05, 3.63) is 11.9 Å².